The van der Waals surface area contributed by atoms with Crippen molar-refractivity contribution in [1.29, 1.82) is 0 Å². The first-order valence-electron chi connectivity index (χ1n) is 5.76. The van der Waals surface area contributed by atoms with Crippen LogP contribution in [0.4, 0.5) is 17.8 Å². The Hall–Kier alpha value is -2.12. The third kappa shape index (κ3) is 2.96. The van der Waals surface area contributed by atoms with E-state index in [0.717, 1.165) is 25.9 Å². The minimum atomic E-state index is -0.392. The van der Waals surface area contributed by atoms with Crippen molar-refractivity contribution in [2.45, 2.75) is 12.8 Å². The summed E-state index contributed by atoms with van der Waals surface area (Å²) >= 11 is 0. The van der Waals surface area contributed by atoms with E-state index in [4.69, 9.17) is 5.73 Å². The second-order valence-corrected chi connectivity index (χ2v) is 3.94. The second kappa shape index (κ2) is 5.48. The van der Waals surface area contributed by atoms with Gasteiger partial charge in [0.25, 0.3) is 0 Å². The fourth-order valence-electron chi connectivity index (χ4n) is 1.74. The zero-order valence-corrected chi connectivity index (χ0v) is 10.2. The number of ether oxygens (including phenoxy) is 1. The number of nitrogens with two attached hydrogens (primary N) is 1. The molecule has 2 rings (SSSR count). The number of nitrogens with one attached hydrogen (secondary N) is 1. The van der Waals surface area contributed by atoms with Crippen LogP contribution < -0.4 is 16.0 Å². The number of hydrogen-bond acceptors (Lipinski definition) is 8. The van der Waals surface area contributed by atoms with Crippen molar-refractivity contribution >= 4 is 23.8 Å². The molecular weight excluding hydrogens is 236 g/mol. The lowest BCUT2D eigenvalue weighted by Crippen LogP contribution is -2.23. The summed E-state index contributed by atoms with van der Waals surface area (Å²) in [5, 5.41) is 2.76. The van der Waals surface area contributed by atoms with Gasteiger partial charge in [-0.1, -0.05) is 0 Å². The van der Waals surface area contributed by atoms with E-state index in [9.17, 15) is 4.79 Å². The molecule has 1 aliphatic heterocycles. The summed E-state index contributed by atoms with van der Waals surface area (Å²) in [4.78, 5) is 25.3. The third-order valence-electron chi connectivity index (χ3n) is 2.65. The Morgan fingerprint density at radius 2 is 2.11 bits per heavy atom. The van der Waals surface area contributed by atoms with E-state index in [1.54, 1.807) is 0 Å². The largest absolute Gasteiger partial charge is 0.468 e. The highest BCUT2D eigenvalue weighted by Gasteiger charge is 2.16. The van der Waals surface area contributed by atoms with Gasteiger partial charge >= 0.3 is 5.97 Å². The summed E-state index contributed by atoms with van der Waals surface area (Å²) in [5.74, 6) is 0.582. The van der Waals surface area contributed by atoms with Gasteiger partial charge in [0.15, 0.2) is 0 Å². The first-order chi connectivity index (χ1) is 8.69. The van der Waals surface area contributed by atoms with E-state index in [2.05, 4.69) is 25.0 Å². The summed E-state index contributed by atoms with van der Waals surface area (Å²) in [6.45, 7) is 1.83. The highest BCUT2D eigenvalue weighted by Crippen LogP contribution is 2.17. The number of carbonyl (C=O) groups is 1. The van der Waals surface area contributed by atoms with Crippen molar-refractivity contribution in [2.24, 2.45) is 0 Å². The maximum atomic E-state index is 11.0. The number of carbonyl (C=O) groups excluding carboxylic acids is 1. The monoisotopic (exact) mass is 252 g/mol. The minimum absolute atomic E-state index is 0.000602. The molecule has 1 aliphatic rings. The van der Waals surface area contributed by atoms with E-state index < -0.39 is 5.97 Å². The lowest BCUT2D eigenvalue weighted by molar-refractivity contribution is -0.138. The number of esters is 1. The summed E-state index contributed by atoms with van der Waals surface area (Å²) < 4.78 is 4.52. The molecule has 0 atom stereocenters. The lowest BCUT2D eigenvalue weighted by atomic mass is 10.4. The molecule has 0 unspecified atom stereocenters. The highest BCUT2D eigenvalue weighted by molar-refractivity contribution is 5.74. The molecular formula is C10H16N6O2. The van der Waals surface area contributed by atoms with Crippen LogP contribution in [-0.4, -0.2) is 47.7 Å². The number of rotatable bonds is 4. The van der Waals surface area contributed by atoms with Crippen molar-refractivity contribution in [1.82, 2.24) is 15.0 Å². The van der Waals surface area contributed by atoms with E-state index in [-0.39, 0.29) is 18.4 Å². The molecule has 98 valence electrons. The normalized spacial score (nSPS) is 14.6. The van der Waals surface area contributed by atoms with Crippen LogP contribution in [0.3, 0.4) is 0 Å². The van der Waals surface area contributed by atoms with Gasteiger partial charge in [0, 0.05) is 13.1 Å². The van der Waals surface area contributed by atoms with Crippen molar-refractivity contribution in [3.8, 4) is 0 Å². The minimum Gasteiger partial charge on any atom is -0.468 e. The van der Waals surface area contributed by atoms with E-state index in [0.29, 0.717) is 5.95 Å². The molecule has 8 nitrogen and oxygen atoms in total. The van der Waals surface area contributed by atoms with Gasteiger partial charge in [-0.15, -0.1) is 0 Å². The Morgan fingerprint density at radius 1 is 1.39 bits per heavy atom. The molecule has 0 saturated carbocycles. The zero-order chi connectivity index (χ0) is 13.0. The lowest BCUT2D eigenvalue weighted by Gasteiger charge is -2.15. The average Bonchev–Trinajstić information content (AvgIpc) is 2.89. The van der Waals surface area contributed by atoms with Crippen molar-refractivity contribution < 1.29 is 9.53 Å². The van der Waals surface area contributed by atoms with Crippen molar-refractivity contribution in [3.63, 3.8) is 0 Å². The van der Waals surface area contributed by atoms with Crippen LogP contribution in [0.1, 0.15) is 12.8 Å². The van der Waals surface area contributed by atoms with Crippen LogP contribution in [0.5, 0.6) is 0 Å². The number of nitrogen functional groups attached to an aromatic ring is 1. The molecule has 8 heteroatoms. The summed E-state index contributed by atoms with van der Waals surface area (Å²) in [6.07, 6.45) is 2.24. The topological polar surface area (TPSA) is 106 Å². The van der Waals surface area contributed by atoms with E-state index in [1.807, 2.05) is 4.90 Å². The van der Waals surface area contributed by atoms with Crippen LogP contribution >= 0.6 is 0 Å². The van der Waals surface area contributed by atoms with Gasteiger partial charge in [-0.3, -0.25) is 4.79 Å². The maximum absolute atomic E-state index is 11.0. The number of aromatic nitrogens is 3. The van der Waals surface area contributed by atoms with Crippen LogP contribution in [0.15, 0.2) is 0 Å². The molecule has 1 aromatic heterocycles. The molecule has 0 spiro atoms. The van der Waals surface area contributed by atoms with Crippen LogP contribution in [-0.2, 0) is 9.53 Å². The van der Waals surface area contributed by atoms with Gasteiger partial charge in [-0.25, -0.2) is 0 Å². The molecule has 0 aromatic carbocycles. The molecule has 0 radical (unpaired) electrons. The molecule has 0 bridgehead atoms. The SMILES string of the molecule is COC(=O)CNc1nc(N)nc(N2CCCC2)n1. The molecule has 0 amide bonds. The van der Waals surface area contributed by atoms with Crippen LogP contribution in [0.2, 0.25) is 0 Å². The Morgan fingerprint density at radius 3 is 2.78 bits per heavy atom. The van der Waals surface area contributed by atoms with Gasteiger partial charge < -0.3 is 20.7 Å². The van der Waals surface area contributed by atoms with Crippen molar-refractivity contribution in [2.75, 3.05) is 42.7 Å². The molecule has 0 aliphatic carbocycles. The van der Waals surface area contributed by atoms with E-state index >= 15 is 0 Å². The second-order valence-electron chi connectivity index (χ2n) is 3.94. The number of methoxy groups -OCH3 is 1. The van der Waals surface area contributed by atoms with Gasteiger partial charge in [0.2, 0.25) is 17.8 Å². The van der Waals surface area contributed by atoms with Gasteiger partial charge in [0.1, 0.15) is 6.54 Å². The average molecular weight is 252 g/mol. The van der Waals surface area contributed by atoms with Gasteiger partial charge in [-0.05, 0) is 12.8 Å². The quantitative estimate of drug-likeness (QED) is 0.700. The summed E-state index contributed by atoms with van der Waals surface area (Å²) in [5.41, 5.74) is 5.62. The number of hydrogen-bond donors (Lipinski definition) is 2. The van der Waals surface area contributed by atoms with Gasteiger partial charge in [-0.2, -0.15) is 15.0 Å². The molecule has 1 fully saturated rings. The van der Waals surface area contributed by atoms with Crippen molar-refractivity contribution in [3.05, 3.63) is 0 Å². The fraction of sp³-hybridized carbons (Fsp3) is 0.600. The molecule has 2 heterocycles. The zero-order valence-electron chi connectivity index (χ0n) is 10.2. The molecule has 3 N–H and O–H groups in total. The Bertz CT molecular complexity index is 432. The molecule has 18 heavy (non-hydrogen) atoms. The Labute approximate surface area is 105 Å². The first kappa shape index (κ1) is 12.3. The predicted molar refractivity (Wildman–Crippen MR) is 66.2 cm³/mol. The Balaban J connectivity index is 2.08. The third-order valence-corrected chi connectivity index (χ3v) is 2.65. The smallest absolute Gasteiger partial charge is 0.325 e. The summed E-state index contributed by atoms with van der Waals surface area (Å²) in [6, 6.07) is 0. The number of nitrogens with zero attached hydrogens (tertiary/aromatic N) is 4. The van der Waals surface area contributed by atoms with E-state index in [1.165, 1.54) is 7.11 Å². The Kier molecular flexibility index (Phi) is 3.75. The molecule has 1 saturated heterocycles. The standard InChI is InChI=1S/C10H16N6O2/c1-18-7(17)6-12-9-13-8(11)14-10(15-9)16-4-2-3-5-16/h2-6H2,1H3,(H3,11,12,13,14,15). The number of anilines is 3. The van der Waals surface area contributed by atoms with Gasteiger partial charge in [0.05, 0.1) is 7.11 Å². The fourth-order valence-corrected chi connectivity index (χ4v) is 1.74. The first-order valence-corrected chi connectivity index (χ1v) is 5.76. The summed E-state index contributed by atoms with van der Waals surface area (Å²) in [7, 11) is 1.32. The molecule has 1 aromatic rings. The van der Waals surface area contributed by atoms with Crippen LogP contribution in [0, 0.1) is 0 Å². The highest BCUT2D eigenvalue weighted by atomic mass is 16.5. The maximum Gasteiger partial charge on any atom is 0.325 e. The predicted octanol–water partition coefficient (Wildman–Crippen LogP) is -0.361. The van der Waals surface area contributed by atoms with Crippen LogP contribution in [0.25, 0.3) is 0 Å².